The molecule has 1 aliphatic heterocycles. The molecule has 0 aliphatic carbocycles. The zero-order valence-corrected chi connectivity index (χ0v) is 8.43. The van der Waals surface area contributed by atoms with Crippen LogP contribution in [0, 0.1) is 0 Å². The zero-order valence-electron chi connectivity index (χ0n) is 8.43. The van der Waals surface area contributed by atoms with Crippen LogP contribution < -0.4 is 0 Å². The van der Waals surface area contributed by atoms with Crippen LogP contribution in [0.4, 0.5) is 39.5 Å². The van der Waals surface area contributed by atoms with E-state index in [-0.39, 0.29) is 0 Å². The van der Waals surface area contributed by atoms with Crippen molar-refractivity contribution in [1.29, 1.82) is 0 Å². The van der Waals surface area contributed by atoms with Crippen LogP contribution in [0.15, 0.2) is 0 Å². The van der Waals surface area contributed by atoms with Gasteiger partial charge in [0.1, 0.15) is 0 Å². The molecule has 0 spiro atoms. The molecule has 1 saturated heterocycles. The Kier molecular flexibility index (Phi) is 3.11. The first-order valence-electron chi connectivity index (χ1n) is 4.33. The summed E-state index contributed by atoms with van der Waals surface area (Å²) in [5.41, 5.74) is 0. The van der Waals surface area contributed by atoms with Gasteiger partial charge in [-0.05, 0) is 0 Å². The van der Waals surface area contributed by atoms with Crippen LogP contribution in [0.3, 0.4) is 0 Å². The molecule has 0 aromatic carbocycles. The van der Waals surface area contributed by atoms with Crippen LogP contribution in [0.1, 0.15) is 13.3 Å². The van der Waals surface area contributed by atoms with Crippen molar-refractivity contribution in [2.45, 2.75) is 43.4 Å². The largest absolute Gasteiger partial charge is 0.443 e. The first-order valence-corrected chi connectivity index (χ1v) is 4.33. The maximum absolute atomic E-state index is 12.7. The lowest BCUT2D eigenvalue weighted by molar-refractivity contribution is -0.593. The van der Waals surface area contributed by atoms with Gasteiger partial charge in [-0.3, -0.25) is 9.47 Å². The van der Waals surface area contributed by atoms with Gasteiger partial charge in [0.05, 0.1) is 0 Å². The lowest BCUT2D eigenvalue weighted by Gasteiger charge is -2.46. The molecule has 1 rings (SSSR count). The molecular formula is C7H5F9O2. The summed E-state index contributed by atoms with van der Waals surface area (Å²) in [7, 11) is 0. The van der Waals surface area contributed by atoms with Crippen LogP contribution >= 0.6 is 0 Å². The summed E-state index contributed by atoms with van der Waals surface area (Å²) in [4.78, 5) is 0. The van der Waals surface area contributed by atoms with Gasteiger partial charge in [0, 0.05) is 6.42 Å². The maximum atomic E-state index is 12.7. The van der Waals surface area contributed by atoms with E-state index in [0.717, 1.165) is 0 Å². The maximum Gasteiger partial charge on any atom is 0.443 e. The van der Waals surface area contributed by atoms with Gasteiger partial charge in [0.2, 0.25) is 0 Å². The van der Waals surface area contributed by atoms with Gasteiger partial charge in [-0.15, -0.1) is 0 Å². The van der Waals surface area contributed by atoms with E-state index in [0.29, 0.717) is 6.92 Å². The standard InChI is InChI=1S/C7H5F9O2/c1-2-3(5(10,11)12)17-6(13,14)4(8,9)7(15,16)18-3/h2H2,1H3. The van der Waals surface area contributed by atoms with Crippen molar-refractivity contribution in [1.82, 2.24) is 0 Å². The Labute approximate surface area is 93.6 Å². The summed E-state index contributed by atoms with van der Waals surface area (Å²) in [6.07, 6.45) is -19.5. The summed E-state index contributed by atoms with van der Waals surface area (Å²) in [6, 6.07) is 0. The Bertz CT molecular complexity index is 314. The molecule has 0 saturated carbocycles. The van der Waals surface area contributed by atoms with Gasteiger partial charge >= 0.3 is 24.3 Å². The highest BCUT2D eigenvalue weighted by Gasteiger charge is 2.84. The van der Waals surface area contributed by atoms with Crippen molar-refractivity contribution in [2.24, 2.45) is 0 Å². The van der Waals surface area contributed by atoms with Crippen LogP contribution in [0.5, 0.6) is 0 Å². The van der Waals surface area contributed by atoms with E-state index in [1.165, 1.54) is 0 Å². The normalized spacial score (nSPS) is 29.0. The van der Waals surface area contributed by atoms with Crippen molar-refractivity contribution >= 4 is 0 Å². The molecule has 0 amide bonds. The van der Waals surface area contributed by atoms with Gasteiger partial charge in [0.25, 0.3) is 5.79 Å². The zero-order chi connectivity index (χ0) is 14.6. The second-order valence-electron chi connectivity index (χ2n) is 3.42. The van der Waals surface area contributed by atoms with Crippen LogP contribution in [-0.4, -0.2) is 30.1 Å². The number of ether oxygens (including phenoxy) is 2. The minimum Gasteiger partial charge on any atom is -0.273 e. The average Bonchev–Trinajstić information content (AvgIpc) is 2.11. The van der Waals surface area contributed by atoms with Crippen LogP contribution in [0.2, 0.25) is 0 Å². The average molecular weight is 292 g/mol. The predicted octanol–water partition coefficient (Wildman–Crippen LogP) is 3.52. The molecule has 0 aromatic rings. The quantitative estimate of drug-likeness (QED) is 0.688. The first-order chi connectivity index (χ1) is 7.72. The molecule has 11 heteroatoms. The Hall–Kier alpha value is -0.710. The summed E-state index contributed by atoms with van der Waals surface area (Å²) in [6.45, 7) is 0.517. The highest BCUT2D eigenvalue weighted by atomic mass is 19.4. The minimum atomic E-state index is -6.22. The molecule has 18 heavy (non-hydrogen) atoms. The molecule has 1 aliphatic rings. The molecule has 1 fully saturated rings. The van der Waals surface area contributed by atoms with Crippen molar-refractivity contribution in [2.75, 3.05) is 0 Å². The third-order valence-electron chi connectivity index (χ3n) is 2.21. The van der Waals surface area contributed by atoms with E-state index in [2.05, 4.69) is 9.47 Å². The molecule has 0 bridgehead atoms. The molecule has 1 heterocycles. The van der Waals surface area contributed by atoms with E-state index in [1.54, 1.807) is 0 Å². The molecule has 0 unspecified atom stereocenters. The number of rotatable bonds is 1. The third kappa shape index (κ3) is 1.83. The van der Waals surface area contributed by atoms with E-state index in [1.807, 2.05) is 0 Å². The predicted molar refractivity (Wildman–Crippen MR) is 36.1 cm³/mol. The molecule has 0 atom stereocenters. The fraction of sp³-hybridized carbons (Fsp3) is 1.00. The fourth-order valence-electron chi connectivity index (χ4n) is 1.19. The fourth-order valence-corrected chi connectivity index (χ4v) is 1.19. The van der Waals surface area contributed by atoms with Crippen molar-refractivity contribution < 1.29 is 49.0 Å². The Morgan fingerprint density at radius 3 is 1.39 bits per heavy atom. The summed E-state index contributed by atoms with van der Waals surface area (Å²) >= 11 is 0. The highest BCUT2D eigenvalue weighted by molar-refractivity contribution is 4.96. The van der Waals surface area contributed by atoms with Crippen molar-refractivity contribution in [3.63, 3.8) is 0 Å². The van der Waals surface area contributed by atoms with Crippen LogP contribution in [0.25, 0.3) is 0 Å². The summed E-state index contributed by atoms with van der Waals surface area (Å²) < 4.78 is 118. The number of alkyl halides is 9. The molecule has 108 valence electrons. The van der Waals surface area contributed by atoms with E-state index in [4.69, 9.17) is 0 Å². The SMILES string of the molecule is CCC1(C(F)(F)F)OC(F)(F)C(F)(F)C(F)(F)O1. The second kappa shape index (κ2) is 3.65. The van der Waals surface area contributed by atoms with Gasteiger partial charge in [-0.1, -0.05) is 6.92 Å². The van der Waals surface area contributed by atoms with Gasteiger partial charge < -0.3 is 0 Å². The monoisotopic (exact) mass is 292 g/mol. The number of hydrogen-bond donors (Lipinski definition) is 0. The van der Waals surface area contributed by atoms with Crippen LogP contribution in [-0.2, 0) is 9.47 Å². The van der Waals surface area contributed by atoms with Gasteiger partial charge in [-0.25, -0.2) is 0 Å². The number of halogens is 9. The van der Waals surface area contributed by atoms with E-state index >= 15 is 0 Å². The number of hydrogen-bond acceptors (Lipinski definition) is 2. The topological polar surface area (TPSA) is 18.5 Å². The lowest BCUT2D eigenvalue weighted by Crippen LogP contribution is -2.71. The van der Waals surface area contributed by atoms with Crippen molar-refractivity contribution in [3.8, 4) is 0 Å². The smallest absolute Gasteiger partial charge is 0.273 e. The van der Waals surface area contributed by atoms with Crippen molar-refractivity contribution in [3.05, 3.63) is 0 Å². The molecule has 0 N–H and O–H groups in total. The van der Waals surface area contributed by atoms with Gasteiger partial charge in [0.15, 0.2) is 0 Å². The Balaban J connectivity index is 3.34. The Morgan fingerprint density at radius 2 is 1.17 bits per heavy atom. The summed E-state index contributed by atoms with van der Waals surface area (Å²) in [5.74, 6) is -10.7. The highest BCUT2D eigenvalue weighted by Crippen LogP contribution is 2.58. The summed E-state index contributed by atoms with van der Waals surface area (Å²) in [5, 5.41) is 0. The lowest BCUT2D eigenvalue weighted by atomic mass is 10.1. The second-order valence-corrected chi connectivity index (χ2v) is 3.42. The molecule has 0 aromatic heterocycles. The minimum absolute atomic E-state index is 0.517. The molecule has 0 radical (unpaired) electrons. The Morgan fingerprint density at radius 1 is 0.833 bits per heavy atom. The molecule has 2 nitrogen and oxygen atoms in total. The first kappa shape index (κ1) is 15.3. The third-order valence-corrected chi connectivity index (χ3v) is 2.21. The van der Waals surface area contributed by atoms with E-state index in [9.17, 15) is 39.5 Å². The molecular weight excluding hydrogens is 287 g/mol. The van der Waals surface area contributed by atoms with E-state index < -0.39 is 36.5 Å². The van der Waals surface area contributed by atoms with Gasteiger partial charge in [-0.2, -0.15) is 39.5 Å².